The van der Waals surface area contributed by atoms with Gasteiger partial charge in [-0.15, -0.1) is 12.4 Å². The zero-order chi connectivity index (χ0) is 19.3. The highest BCUT2D eigenvalue weighted by atomic mass is 35.5. The molecule has 0 saturated carbocycles. The second-order valence-corrected chi connectivity index (χ2v) is 7.58. The number of nitrogens with zero attached hydrogens (tertiary/aromatic N) is 3. The number of rotatable bonds is 6. The summed E-state index contributed by atoms with van der Waals surface area (Å²) in [4.78, 5) is 21.5. The third-order valence-electron chi connectivity index (χ3n) is 4.63. The van der Waals surface area contributed by atoms with Crippen molar-refractivity contribution in [3.05, 3.63) is 36.0 Å². The summed E-state index contributed by atoms with van der Waals surface area (Å²) in [5.74, 6) is -0.441. The molecular formula is C19H23ClFN3O4S. The van der Waals surface area contributed by atoms with Gasteiger partial charge in [-0.2, -0.15) is 0 Å². The van der Waals surface area contributed by atoms with Crippen LogP contribution in [0.5, 0.6) is 0 Å². The number of hydrogen-bond donors (Lipinski definition) is 0. The van der Waals surface area contributed by atoms with Crippen LogP contribution in [0, 0.1) is 5.82 Å². The molecule has 1 aromatic carbocycles. The Balaban J connectivity index is 0.00000240. The first-order valence-corrected chi connectivity index (χ1v) is 10.1. The van der Waals surface area contributed by atoms with Crippen LogP contribution >= 0.6 is 23.7 Å². The lowest BCUT2D eigenvalue weighted by Crippen LogP contribution is -2.40. The predicted molar refractivity (Wildman–Crippen MR) is 111 cm³/mol. The molecule has 2 aliphatic rings. The molecule has 0 spiro atoms. The van der Waals surface area contributed by atoms with E-state index in [0.29, 0.717) is 35.1 Å². The molecule has 2 aromatic rings. The molecular weight excluding hydrogens is 421 g/mol. The quantitative estimate of drug-likeness (QED) is 0.684. The lowest BCUT2D eigenvalue weighted by Gasteiger charge is -2.28. The van der Waals surface area contributed by atoms with Crippen molar-refractivity contribution < 1.29 is 23.4 Å². The summed E-state index contributed by atoms with van der Waals surface area (Å²) in [7, 11) is 0. The number of aromatic nitrogens is 1. The number of ether oxygens (including phenoxy) is 3. The zero-order valence-electron chi connectivity index (χ0n) is 15.8. The van der Waals surface area contributed by atoms with Crippen LogP contribution in [0.3, 0.4) is 0 Å². The highest BCUT2D eigenvalue weighted by molar-refractivity contribution is 7.22. The average Bonchev–Trinajstić information content (AvgIpc) is 3.15. The average molecular weight is 444 g/mol. The van der Waals surface area contributed by atoms with Gasteiger partial charge in [0.15, 0.2) is 5.13 Å². The van der Waals surface area contributed by atoms with Crippen molar-refractivity contribution in [2.45, 2.75) is 6.42 Å². The topological polar surface area (TPSA) is 64.1 Å². The number of fused-ring (bicyclic) bond motifs is 1. The monoisotopic (exact) mass is 443 g/mol. The number of carbonyl (C=O) groups is 1. The van der Waals surface area contributed by atoms with Crippen LogP contribution < -0.4 is 4.90 Å². The van der Waals surface area contributed by atoms with E-state index in [2.05, 4.69) is 9.88 Å². The molecule has 1 aromatic heterocycles. The molecule has 0 aliphatic carbocycles. The van der Waals surface area contributed by atoms with E-state index in [0.717, 1.165) is 39.3 Å². The molecule has 1 saturated heterocycles. The fourth-order valence-corrected chi connectivity index (χ4v) is 4.19. The second kappa shape index (κ2) is 10.2. The van der Waals surface area contributed by atoms with E-state index in [9.17, 15) is 9.18 Å². The first-order chi connectivity index (χ1) is 13.7. The van der Waals surface area contributed by atoms with Gasteiger partial charge in [0.05, 0.1) is 23.4 Å². The second-order valence-electron chi connectivity index (χ2n) is 6.57. The number of hydrogen-bond acceptors (Lipinski definition) is 7. The van der Waals surface area contributed by atoms with Crippen molar-refractivity contribution in [2.24, 2.45) is 0 Å². The highest BCUT2D eigenvalue weighted by Crippen LogP contribution is 2.30. The number of halogens is 2. The van der Waals surface area contributed by atoms with Crippen LogP contribution in [0.4, 0.5) is 9.52 Å². The maximum atomic E-state index is 13.5. The molecule has 4 rings (SSSR count). The van der Waals surface area contributed by atoms with E-state index in [4.69, 9.17) is 14.2 Å². The lowest BCUT2D eigenvalue weighted by atomic mass is 10.3. The molecule has 2 aliphatic heterocycles. The van der Waals surface area contributed by atoms with Crippen LogP contribution in [0.1, 0.15) is 6.42 Å². The molecule has 0 radical (unpaired) electrons. The van der Waals surface area contributed by atoms with Crippen LogP contribution in [-0.4, -0.2) is 68.4 Å². The molecule has 29 heavy (non-hydrogen) atoms. The van der Waals surface area contributed by atoms with Crippen LogP contribution in [0.2, 0.25) is 0 Å². The molecule has 0 bridgehead atoms. The van der Waals surface area contributed by atoms with Gasteiger partial charge in [0.1, 0.15) is 25.3 Å². The van der Waals surface area contributed by atoms with Crippen LogP contribution in [-0.2, 0) is 19.0 Å². The summed E-state index contributed by atoms with van der Waals surface area (Å²) >= 11 is 1.29. The summed E-state index contributed by atoms with van der Waals surface area (Å²) in [6, 6.07) is 4.43. The van der Waals surface area contributed by atoms with Crippen molar-refractivity contribution in [2.75, 3.05) is 57.5 Å². The van der Waals surface area contributed by atoms with Crippen LogP contribution in [0.25, 0.3) is 10.2 Å². The molecule has 0 N–H and O–H groups in total. The maximum absolute atomic E-state index is 13.5. The fraction of sp³-hybridized carbons (Fsp3) is 0.474. The van der Waals surface area contributed by atoms with E-state index in [1.165, 1.54) is 29.7 Å². The molecule has 10 heteroatoms. The molecule has 0 unspecified atom stereocenters. The minimum atomic E-state index is -0.320. The number of amides is 1. The lowest BCUT2D eigenvalue weighted by molar-refractivity contribution is -0.119. The van der Waals surface area contributed by atoms with Gasteiger partial charge in [0, 0.05) is 26.2 Å². The SMILES string of the molecule is Cl.O=C(C1=COCCO1)N(CCCN1CCOCC1)c1nc2ccc(F)cc2s1. The van der Waals surface area contributed by atoms with Gasteiger partial charge in [-0.1, -0.05) is 11.3 Å². The van der Waals surface area contributed by atoms with E-state index < -0.39 is 0 Å². The largest absolute Gasteiger partial charge is 0.494 e. The van der Waals surface area contributed by atoms with E-state index in [1.54, 1.807) is 11.0 Å². The van der Waals surface area contributed by atoms with Gasteiger partial charge >= 0.3 is 0 Å². The standard InChI is InChI=1S/C19H22FN3O4S.ClH/c20-14-2-3-15-17(12-14)28-19(21-15)23(18(24)16-13-26-10-11-27-16)5-1-4-22-6-8-25-9-7-22;/h2-3,12-13H,1,4-11H2;1H. The Hall–Kier alpha value is -1.94. The van der Waals surface area contributed by atoms with Crippen molar-refractivity contribution in [1.29, 1.82) is 0 Å². The third kappa shape index (κ3) is 5.36. The Bertz CT molecular complexity index is 872. The Morgan fingerprint density at radius 1 is 1.24 bits per heavy atom. The normalized spacial score (nSPS) is 17.1. The van der Waals surface area contributed by atoms with E-state index in [-0.39, 0.29) is 29.9 Å². The number of thiazole rings is 1. The summed E-state index contributed by atoms with van der Waals surface area (Å²) in [6.45, 7) is 5.39. The van der Waals surface area contributed by atoms with Crippen molar-refractivity contribution in [1.82, 2.24) is 9.88 Å². The molecule has 158 valence electrons. The Morgan fingerprint density at radius 2 is 2.07 bits per heavy atom. The van der Waals surface area contributed by atoms with Gasteiger partial charge in [-0.3, -0.25) is 14.6 Å². The number of anilines is 1. The molecule has 7 nitrogen and oxygen atoms in total. The molecule has 1 amide bonds. The summed E-state index contributed by atoms with van der Waals surface area (Å²) in [6.07, 6.45) is 2.14. The van der Waals surface area contributed by atoms with Crippen molar-refractivity contribution >= 4 is 45.0 Å². The third-order valence-corrected chi connectivity index (χ3v) is 5.68. The fourth-order valence-electron chi connectivity index (χ4n) is 3.18. The van der Waals surface area contributed by atoms with Gasteiger partial charge in [-0.05, 0) is 24.6 Å². The zero-order valence-corrected chi connectivity index (χ0v) is 17.5. The first-order valence-electron chi connectivity index (χ1n) is 9.33. The minimum absolute atomic E-state index is 0. The van der Waals surface area contributed by atoms with Crippen molar-refractivity contribution in [3.63, 3.8) is 0 Å². The minimum Gasteiger partial charge on any atom is -0.494 e. The maximum Gasteiger partial charge on any atom is 0.298 e. The number of benzene rings is 1. The molecule has 0 atom stereocenters. The van der Waals surface area contributed by atoms with Gasteiger partial charge in [-0.25, -0.2) is 9.37 Å². The van der Waals surface area contributed by atoms with Gasteiger partial charge in [0.2, 0.25) is 5.76 Å². The first kappa shape index (κ1) is 21.8. The summed E-state index contributed by atoms with van der Waals surface area (Å²) in [5.41, 5.74) is 0.669. The van der Waals surface area contributed by atoms with Crippen LogP contribution in [0.15, 0.2) is 30.2 Å². The van der Waals surface area contributed by atoms with E-state index in [1.807, 2.05) is 0 Å². The molecule has 3 heterocycles. The smallest absolute Gasteiger partial charge is 0.298 e. The van der Waals surface area contributed by atoms with Gasteiger partial charge < -0.3 is 14.2 Å². The Kier molecular flexibility index (Phi) is 7.65. The Morgan fingerprint density at radius 3 is 2.83 bits per heavy atom. The van der Waals surface area contributed by atoms with E-state index >= 15 is 0 Å². The number of morpholine rings is 1. The molecule has 1 fully saturated rings. The predicted octanol–water partition coefficient (Wildman–Crippen LogP) is 2.80. The number of carbonyl (C=O) groups excluding carboxylic acids is 1. The highest BCUT2D eigenvalue weighted by Gasteiger charge is 2.26. The summed E-state index contributed by atoms with van der Waals surface area (Å²) in [5, 5.41) is 0.530. The van der Waals surface area contributed by atoms with Gasteiger partial charge in [0.25, 0.3) is 5.91 Å². The summed E-state index contributed by atoms with van der Waals surface area (Å²) < 4.78 is 30.3. The Labute approximate surface area is 178 Å². The van der Waals surface area contributed by atoms with Crippen molar-refractivity contribution in [3.8, 4) is 0 Å².